The molecule has 3 rings (SSSR count). The van der Waals surface area contributed by atoms with Gasteiger partial charge in [-0.1, -0.05) is 39.0 Å². The van der Waals surface area contributed by atoms with Crippen LogP contribution in [0.1, 0.15) is 59.3 Å². The molecule has 2 atom stereocenters. The predicted molar refractivity (Wildman–Crippen MR) is 130 cm³/mol. The smallest absolute Gasteiger partial charge is 0.244 e. The summed E-state index contributed by atoms with van der Waals surface area (Å²) in [7, 11) is -0.843. The Hall–Kier alpha value is -2.11. The van der Waals surface area contributed by atoms with Crippen LogP contribution in [0.3, 0.4) is 0 Å². The summed E-state index contributed by atoms with van der Waals surface area (Å²) >= 11 is 0. The van der Waals surface area contributed by atoms with Crippen LogP contribution in [0.2, 0.25) is 0 Å². The summed E-state index contributed by atoms with van der Waals surface area (Å²) in [6.07, 6.45) is 6.33. The molecule has 2 aromatic heterocycles. The van der Waals surface area contributed by atoms with Crippen LogP contribution in [-0.4, -0.2) is 78.0 Å². The van der Waals surface area contributed by atoms with E-state index in [0.717, 1.165) is 12.8 Å². The average Bonchev–Trinajstić information content (AvgIpc) is 2.78. The lowest BCUT2D eigenvalue weighted by molar-refractivity contribution is 0.103. The first-order valence-electron chi connectivity index (χ1n) is 11.8. The van der Waals surface area contributed by atoms with Crippen molar-refractivity contribution in [1.29, 1.82) is 0 Å². The van der Waals surface area contributed by atoms with E-state index in [1.54, 1.807) is 13.8 Å². The van der Waals surface area contributed by atoms with Crippen LogP contribution in [0, 0.1) is 0 Å². The summed E-state index contributed by atoms with van der Waals surface area (Å²) in [5, 5.41) is 20.5. The van der Waals surface area contributed by atoms with Gasteiger partial charge >= 0.3 is 0 Å². The maximum Gasteiger partial charge on any atom is 0.244 e. The Balaban J connectivity index is 1.91. The fourth-order valence-electron chi connectivity index (χ4n) is 3.89. The summed E-state index contributed by atoms with van der Waals surface area (Å²) in [5.41, 5.74) is 0.969. The first-order chi connectivity index (χ1) is 15.9. The Morgan fingerprint density at radius 2 is 1.70 bits per heavy atom. The number of unbranched alkanes of at least 4 members (excludes halogenated alkanes) is 5. The number of aliphatic hydroxyl groups is 2. The maximum atomic E-state index is 11.9. The summed E-state index contributed by atoms with van der Waals surface area (Å²) in [4.78, 5) is 21.3. The lowest BCUT2D eigenvalue weighted by atomic mass is 10.1. The molecule has 33 heavy (non-hydrogen) atoms. The van der Waals surface area contributed by atoms with E-state index < -0.39 is 23.3 Å². The van der Waals surface area contributed by atoms with Gasteiger partial charge in [0.1, 0.15) is 24.3 Å². The molecule has 0 bridgehead atoms. The third-order valence-electron chi connectivity index (χ3n) is 5.67. The van der Waals surface area contributed by atoms with E-state index in [9.17, 15) is 14.4 Å². The van der Waals surface area contributed by atoms with Crippen LogP contribution in [-0.2, 0) is 10.8 Å². The second kappa shape index (κ2) is 12.4. The van der Waals surface area contributed by atoms with Crippen molar-refractivity contribution in [2.24, 2.45) is 0 Å². The standard InChI is InChI=1S/C22H36N6O4S/c1-4-5-6-7-8-9-12-32-21-19-18(23-15-24-21)20(27-10-13-33(31)14-11-27)26-22(25-19)28(16(2)29)17(3)30/h15-17,29-30H,4-14H2,1-3H3. The Bertz CT molecular complexity index is 911. The number of anilines is 2. The highest BCUT2D eigenvalue weighted by Crippen LogP contribution is 2.31. The second-order valence-electron chi connectivity index (χ2n) is 8.35. The second-order valence-corrected chi connectivity index (χ2v) is 10.0. The number of hydrogen-bond donors (Lipinski definition) is 2. The minimum atomic E-state index is -1.01. The number of nitrogens with zero attached hydrogens (tertiary/aromatic N) is 6. The molecule has 11 heteroatoms. The normalized spacial score (nSPS) is 16.7. The summed E-state index contributed by atoms with van der Waals surface area (Å²) in [6, 6.07) is 0. The van der Waals surface area contributed by atoms with E-state index in [-0.39, 0.29) is 5.95 Å². The lowest BCUT2D eigenvalue weighted by Gasteiger charge is -2.31. The van der Waals surface area contributed by atoms with Crippen molar-refractivity contribution in [3.05, 3.63) is 6.33 Å². The highest BCUT2D eigenvalue weighted by molar-refractivity contribution is 7.85. The van der Waals surface area contributed by atoms with Crippen molar-refractivity contribution >= 4 is 33.6 Å². The molecule has 1 saturated heterocycles. The largest absolute Gasteiger partial charge is 0.476 e. The molecule has 2 N–H and O–H groups in total. The Kier molecular flexibility index (Phi) is 9.57. The van der Waals surface area contributed by atoms with Gasteiger partial charge in [0.2, 0.25) is 11.8 Å². The van der Waals surface area contributed by atoms with E-state index in [0.29, 0.717) is 53.9 Å². The van der Waals surface area contributed by atoms with Gasteiger partial charge in [0.05, 0.1) is 6.61 Å². The minimum absolute atomic E-state index is 0.161. The van der Waals surface area contributed by atoms with E-state index in [2.05, 4.69) is 26.9 Å². The van der Waals surface area contributed by atoms with Gasteiger partial charge in [-0.15, -0.1) is 0 Å². The SMILES string of the molecule is CCCCCCCCOc1ncnc2c(N3CCS(=O)CC3)nc(N(C(C)O)C(C)O)nc12. The topological polar surface area (TPSA) is 125 Å². The van der Waals surface area contributed by atoms with Gasteiger partial charge in [0.25, 0.3) is 0 Å². The van der Waals surface area contributed by atoms with Gasteiger partial charge in [0.15, 0.2) is 11.3 Å². The van der Waals surface area contributed by atoms with E-state index in [4.69, 9.17) is 4.74 Å². The molecule has 0 saturated carbocycles. The molecule has 1 aliphatic heterocycles. The van der Waals surface area contributed by atoms with Crippen molar-refractivity contribution in [1.82, 2.24) is 19.9 Å². The van der Waals surface area contributed by atoms with Crippen molar-refractivity contribution in [2.75, 3.05) is 41.0 Å². The lowest BCUT2D eigenvalue weighted by Crippen LogP contribution is -2.42. The molecule has 0 amide bonds. The fraction of sp³-hybridized carbons (Fsp3) is 0.727. The molecule has 0 aliphatic carbocycles. The van der Waals surface area contributed by atoms with Crippen LogP contribution >= 0.6 is 0 Å². The van der Waals surface area contributed by atoms with Gasteiger partial charge in [-0.25, -0.2) is 9.97 Å². The molecule has 0 spiro atoms. The maximum absolute atomic E-state index is 11.9. The van der Waals surface area contributed by atoms with Crippen LogP contribution in [0.25, 0.3) is 11.0 Å². The van der Waals surface area contributed by atoms with Gasteiger partial charge in [-0.05, 0) is 20.3 Å². The first kappa shape index (κ1) is 25.5. The fourth-order valence-corrected chi connectivity index (χ4v) is 4.94. The highest BCUT2D eigenvalue weighted by Gasteiger charge is 2.27. The Labute approximate surface area is 197 Å². The molecular formula is C22H36N6O4S. The Morgan fingerprint density at radius 1 is 1.03 bits per heavy atom. The molecule has 1 aliphatic rings. The average molecular weight is 481 g/mol. The summed E-state index contributed by atoms with van der Waals surface area (Å²) in [6.45, 7) is 6.95. The van der Waals surface area contributed by atoms with Gasteiger partial charge in [0, 0.05) is 35.4 Å². The van der Waals surface area contributed by atoms with E-state index >= 15 is 0 Å². The highest BCUT2D eigenvalue weighted by atomic mass is 32.2. The zero-order valence-electron chi connectivity index (χ0n) is 19.8. The number of aliphatic hydroxyl groups excluding tert-OH is 2. The van der Waals surface area contributed by atoms with Crippen molar-refractivity contribution in [3.8, 4) is 5.88 Å². The minimum Gasteiger partial charge on any atom is -0.476 e. The zero-order chi connectivity index (χ0) is 23.8. The van der Waals surface area contributed by atoms with Gasteiger partial charge < -0.3 is 19.8 Å². The molecule has 3 heterocycles. The summed E-state index contributed by atoms with van der Waals surface area (Å²) in [5.74, 6) is 2.17. The van der Waals surface area contributed by atoms with Gasteiger partial charge in [-0.2, -0.15) is 9.97 Å². The monoisotopic (exact) mass is 480 g/mol. The quantitative estimate of drug-likeness (QED) is 0.345. The number of ether oxygens (including phenoxy) is 1. The van der Waals surface area contributed by atoms with E-state index in [1.807, 2.05) is 4.90 Å². The number of rotatable bonds is 12. The molecule has 10 nitrogen and oxygen atoms in total. The first-order valence-corrected chi connectivity index (χ1v) is 13.3. The zero-order valence-corrected chi connectivity index (χ0v) is 20.6. The third-order valence-corrected chi connectivity index (χ3v) is 6.94. The number of aromatic nitrogens is 4. The molecule has 2 unspecified atom stereocenters. The third kappa shape index (κ3) is 6.70. The van der Waals surface area contributed by atoms with Crippen molar-refractivity contribution < 1.29 is 19.2 Å². The van der Waals surface area contributed by atoms with E-state index in [1.165, 1.54) is 36.9 Å². The molecule has 0 radical (unpaired) electrons. The van der Waals surface area contributed by atoms with Crippen LogP contribution in [0.15, 0.2) is 6.33 Å². The van der Waals surface area contributed by atoms with Crippen LogP contribution < -0.4 is 14.5 Å². The number of hydrogen-bond acceptors (Lipinski definition) is 10. The van der Waals surface area contributed by atoms with Gasteiger partial charge in [-0.3, -0.25) is 9.11 Å². The molecule has 2 aromatic rings. The molecule has 184 valence electrons. The molecular weight excluding hydrogens is 444 g/mol. The van der Waals surface area contributed by atoms with Crippen LogP contribution in [0.4, 0.5) is 11.8 Å². The van der Waals surface area contributed by atoms with Crippen molar-refractivity contribution in [2.45, 2.75) is 71.8 Å². The van der Waals surface area contributed by atoms with Crippen LogP contribution in [0.5, 0.6) is 5.88 Å². The number of fused-ring (bicyclic) bond motifs is 1. The molecule has 1 fully saturated rings. The Morgan fingerprint density at radius 3 is 2.36 bits per heavy atom. The van der Waals surface area contributed by atoms with Crippen molar-refractivity contribution in [3.63, 3.8) is 0 Å². The predicted octanol–water partition coefficient (Wildman–Crippen LogP) is 2.21. The molecule has 0 aromatic carbocycles. The summed E-state index contributed by atoms with van der Waals surface area (Å²) < 4.78 is 17.9.